The van der Waals surface area contributed by atoms with Crippen molar-refractivity contribution in [1.82, 2.24) is 31.0 Å². The Balaban J connectivity index is 0.00000213. The summed E-state index contributed by atoms with van der Waals surface area (Å²) < 4.78 is 5.91. The van der Waals surface area contributed by atoms with Crippen LogP contribution < -0.4 is 16.1 Å². The highest BCUT2D eigenvalue weighted by atomic mass is 16.5. The van der Waals surface area contributed by atoms with Gasteiger partial charge in [0.2, 0.25) is 0 Å². The number of esters is 1. The van der Waals surface area contributed by atoms with Crippen molar-refractivity contribution in [2.75, 3.05) is 19.7 Å². The summed E-state index contributed by atoms with van der Waals surface area (Å²) in [6.45, 7) is 11.1. The van der Waals surface area contributed by atoms with E-state index in [-0.39, 0.29) is 18.9 Å². The molecule has 0 spiro atoms. The smallest absolute Gasteiger partial charge is 0.324 e. The molecule has 6 bridgehead atoms. The number of nitrogens with one attached hydrogen (secondary N) is 4. The molecule has 4 heterocycles. The molecule has 47 heavy (non-hydrogen) atoms. The first-order valence-electron chi connectivity index (χ1n) is 16.6. The summed E-state index contributed by atoms with van der Waals surface area (Å²) in [7, 11) is 0. The number of pyridine rings is 1. The number of hydrogen-bond acceptors (Lipinski definition) is 6. The van der Waals surface area contributed by atoms with Gasteiger partial charge in [-0.3, -0.25) is 19.6 Å². The van der Waals surface area contributed by atoms with Crippen LogP contribution in [0, 0.1) is 5.41 Å². The van der Waals surface area contributed by atoms with Crippen LogP contribution in [0.5, 0.6) is 0 Å². The average Bonchev–Trinajstić information content (AvgIpc) is 3.44. The van der Waals surface area contributed by atoms with E-state index in [0.29, 0.717) is 32.4 Å². The second-order valence-electron chi connectivity index (χ2n) is 12.7. The van der Waals surface area contributed by atoms with E-state index < -0.39 is 29.5 Å². The number of cyclic esters (lactones) is 1. The van der Waals surface area contributed by atoms with Crippen molar-refractivity contribution < 1.29 is 19.1 Å². The van der Waals surface area contributed by atoms with Crippen molar-refractivity contribution in [3.63, 3.8) is 0 Å². The molecule has 0 saturated carbocycles. The molecule has 2 aliphatic heterocycles. The molecule has 4 aromatic rings. The van der Waals surface area contributed by atoms with Crippen molar-refractivity contribution >= 4 is 28.8 Å². The van der Waals surface area contributed by atoms with Gasteiger partial charge >= 0.3 is 12.0 Å². The molecule has 2 aliphatic rings. The summed E-state index contributed by atoms with van der Waals surface area (Å²) in [4.78, 5) is 47.7. The molecular weight excluding hydrogens is 592 g/mol. The molecular formula is C37H46N6O4. The largest absolute Gasteiger partial charge is 0.464 e. The Kier molecular flexibility index (Phi) is 10.6. The van der Waals surface area contributed by atoms with Crippen molar-refractivity contribution in [3.8, 4) is 22.4 Å². The Hall–Kier alpha value is -4.70. The number of carbonyl (C=O) groups excluding carboxylic acids is 3. The quantitative estimate of drug-likeness (QED) is 0.211. The number of H-pyrrole nitrogens is 1. The SMILES string of the molecule is CC.CCNC(=O)NC1Cc2cccc(c2)-c2ccc3[nH]c(-c4cccnc4)c(c3c2)CC(C)(C)COC(=O)C2CCCN(N2)C1=O. The minimum atomic E-state index is -0.840. The van der Waals surface area contributed by atoms with E-state index >= 15 is 0 Å². The maximum absolute atomic E-state index is 13.8. The number of amides is 3. The molecule has 1 saturated heterocycles. The lowest BCUT2D eigenvalue weighted by Crippen LogP contribution is -2.61. The molecule has 4 N–H and O–H groups in total. The number of urea groups is 1. The highest BCUT2D eigenvalue weighted by Gasteiger charge is 2.34. The number of hydrogen-bond donors (Lipinski definition) is 4. The molecule has 0 aliphatic carbocycles. The molecule has 1 fully saturated rings. The molecule has 2 aromatic heterocycles. The standard InChI is InChI=1S/C35H40N6O4.C2H6/c1-4-37-34(44)39-30-17-22-8-5-9-23(16-22)24-12-13-28-26(18-24)27(31(38-28)25-10-6-14-36-20-25)19-35(2,3)21-45-33(43)29-11-7-15-41(40-29)32(30)42;1-2/h5-6,8-10,12-14,16,18,20,29-30,38,40H,4,7,11,15,17,19,21H2,1-3H3,(H2,37,39,44);1-2H3. The zero-order valence-corrected chi connectivity index (χ0v) is 28.0. The lowest BCUT2D eigenvalue weighted by atomic mass is 9.84. The maximum atomic E-state index is 13.8. The molecule has 2 aromatic carbocycles. The maximum Gasteiger partial charge on any atom is 0.324 e. The number of hydrazine groups is 1. The van der Waals surface area contributed by atoms with Gasteiger partial charge in [0, 0.05) is 53.8 Å². The third-order valence-corrected chi connectivity index (χ3v) is 8.49. The van der Waals surface area contributed by atoms with E-state index in [2.05, 4.69) is 70.2 Å². The van der Waals surface area contributed by atoms with Gasteiger partial charge in [-0.25, -0.2) is 10.2 Å². The Morgan fingerprint density at radius 2 is 1.85 bits per heavy atom. The van der Waals surface area contributed by atoms with E-state index in [1.54, 1.807) is 6.20 Å². The van der Waals surface area contributed by atoms with Gasteiger partial charge in [-0.05, 0) is 72.7 Å². The number of aromatic nitrogens is 2. The highest BCUT2D eigenvalue weighted by Crippen LogP contribution is 2.37. The molecule has 3 amide bonds. The predicted molar refractivity (Wildman–Crippen MR) is 184 cm³/mol. The molecule has 10 heteroatoms. The number of nitrogens with zero attached hydrogens (tertiary/aromatic N) is 2. The normalized spacial score (nSPS) is 19.6. The van der Waals surface area contributed by atoms with Crippen molar-refractivity contribution in [2.24, 2.45) is 5.41 Å². The van der Waals surface area contributed by atoms with Gasteiger partial charge in [-0.1, -0.05) is 58.0 Å². The van der Waals surface area contributed by atoms with Crippen LogP contribution in [0.25, 0.3) is 33.3 Å². The van der Waals surface area contributed by atoms with Crippen molar-refractivity contribution in [1.29, 1.82) is 0 Å². The number of aromatic amines is 1. The van der Waals surface area contributed by atoms with E-state index in [0.717, 1.165) is 44.4 Å². The molecule has 2 unspecified atom stereocenters. The van der Waals surface area contributed by atoms with Crippen molar-refractivity contribution in [2.45, 2.75) is 72.4 Å². The van der Waals surface area contributed by atoms with Gasteiger partial charge < -0.3 is 20.4 Å². The first-order valence-corrected chi connectivity index (χ1v) is 16.6. The van der Waals surface area contributed by atoms with Crippen LogP contribution in [-0.2, 0) is 27.2 Å². The monoisotopic (exact) mass is 638 g/mol. The van der Waals surface area contributed by atoms with E-state index in [4.69, 9.17) is 4.74 Å². The lowest BCUT2D eigenvalue weighted by molar-refractivity contribution is -0.155. The number of fused-ring (bicyclic) bond motifs is 6. The van der Waals surface area contributed by atoms with Gasteiger partial charge in [0.25, 0.3) is 5.91 Å². The van der Waals surface area contributed by atoms with Crippen LogP contribution >= 0.6 is 0 Å². The fraction of sp³-hybridized carbons (Fsp3) is 0.405. The second-order valence-corrected chi connectivity index (χ2v) is 12.7. The molecule has 10 nitrogen and oxygen atoms in total. The number of carbonyl (C=O) groups is 3. The van der Waals surface area contributed by atoms with Gasteiger partial charge in [0.1, 0.15) is 12.1 Å². The summed E-state index contributed by atoms with van der Waals surface area (Å²) in [5.41, 5.74) is 9.79. The summed E-state index contributed by atoms with van der Waals surface area (Å²) in [6, 6.07) is 16.5. The fourth-order valence-electron chi connectivity index (χ4n) is 6.25. The van der Waals surface area contributed by atoms with Crippen LogP contribution in [0.15, 0.2) is 67.0 Å². The van der Waals surface area contributed by atoms with Crippen LogP contribution in [0.4, 0.5) is 4.79 Å². The second kappa shape index (κ2) is 14.8. The minimum Gasteiger partial charge on any atom is -0.464 e. The molecule has 0 radical (unpaired) electrons. The summed E-state index contributed by atoms with van der Waals surface area (Å²) in [5.74, 6) is -0.691. The minimum absolute atomic E-state index is 0.209. The predicted octanol–water partition coefficient (Wildman–Crippen LogP) is 5.77. The third kappa shape index (κ3) is 7.82. The van der Waals surface area contributed by atoms with Gasteiger partial charge in [-0.15, -0.1) is 0 Å². The Morgan fingerprint density at radius 3 is 2.62 bits per heavy atom. The zero-order valence-electron chi connectivity index (χ0n) is 28.0. The Labute approximate surface area is 276 Å². The van der Waals surface area contributed by atoms with Crippen LogP contribution in [-0.4, -0.2) is 64.7 Å². The van der Waals surface area contributed by atoms with E-state index in [9.17, 15) is 14.4 Å². The molecule has 248 valence electrons. The highest BCUT2D eigenvalue weighted by molar-refractivity contribution is 5.94. The van der Waals surface area contributed by atoms with E-state index in [1.165, 1.54) is 5.01 Å². The van der Waals surface area contributed by atoms with Gasteiger partial charge in [0.15, 0.2) is 0 Å². The summed E-state index contributed by atoms with van der Waals surface area (Å²) >= 11 is 0. The lowest BCUT2D eigenvalue weighted by Gasteiger charge is -2.35. The first kappa shape index (κ1) is 33.7. The average molecular weight is 639 g/mol. The first-order chi connectivity index (χ1) is 22.7. The molecule has 6 rings (SSSR count). The zero-order chi connectivity index (χ0) is 33.6. The van der Waals surface area contributed by atoms with Gasteiger partial charge in [-0.2, -0.15) is 0 Å². The number of ether oxygens (including phenoxy) is 1. The number of benzene rings is 2. The Bertz CT molecular complexity index is 1720. The Morgan fingerprint density at radius 1 is 1.06 bits per heavy atom. The van der Waals surface area contributed by atoms with Crippen molar-refractivity contribution in [3.05, 3.63) is 78.1 Å². The van der Waals surface area contributed by atoms with Crippen LogP contribution in [0.2, 0.25) is 0 Å². The topological polar surface area (TPSA) is 128 Å². The van der Waals surface area contributed by atoms with Crippen LogP contribution in [0.3, 0.4) is 0 Å². The van der Waals surface area contributed by atoms with E-state index in [1.807, 2.05) is 51.2 Å². The van der Waals surface area contributed by atoms with Gasteiger partial charge in [0.05, 0.1) is 12.3 Å². The fourth-order valence-corrected chi connectivity index (χ4v) is 6.25. The summed E-state index contributed by atoms with van der Waals surface area (Å²) in [6.07, 6.45) is 5.75. The number of rotatable bonds is 3. The molecule has 2 atom stereocenters. The van der Waals surface area contributed by atoms with Crippen LogP contribution in [0.1, 0.15) is 58.6 Å². The third-order valence-electron chi connectivity index (χ3n) is 8.49. The summed E-state index contributed by atoms with van der Waals surface area (Å²) in [5, 5.41) is 8.14.